The predicted molar refractivity (Wildman–Crippen MR) is 118 cm³/mol. The molecule has 1 aliphatic rings. The Hall–Kier alpha value is -2.75. The summed E-state index contributed by atoms with van der Waals surface area (Å²) < 4.78 is 0. The number of aromatic nitrogens is 1. The quantitative estimate of drug-likeness (QED) is 0.565. The van der Waals surface area contributed by atoms with Gasteiger partial charge in [0.15, 0.2) is 0 Å². The Morgan fingerprint density at radius 2 is 1.66 bits per heavy atom. The van der Waals surface area contributed by atoms with Gasteiger partial charge in [-0.1, -0.05) is 50.5 Å². The molecule has 1 heterocycles. The molecule has 2 aromatic carbocycles. The Bertz CT molecular complexity index is 1010. The fourth-order valence-corrected chi connectivity index (χ4v) is 4.45. The van der Waals surface area contributed by atoms with Crippen molar-refractivity contribution in [2.75, 3.05) is 5.32 Å². The number of benzene rings is 1. The molecule has 0 bridgehead atoms. The van der Waals surface area contributed by atoms with E-state index in [1.54, 1.807) is 24.5 Å². The molecule has 1 N–H and O–H groups in total. The highest BCUT2D eigenvalue weighted by molar-refractivity contribution is 5.65. The van der Waals surface area contributed by atoms with E-state index in [1.807, 2.05) is 0 Å². The minimum atomic E-state index is -0.415. The van der Waals surface area contributed by atoms with E-state index in [0.717, 1.165) is 18.0 Å². The third kappa shape index (κ3) is 4.31. The van der Waals surface area contributed by atoms with E-state index < -0.39 is 5.43 Å². The lowest BCUT2D eigenvalue weighted by atomic mass is 9.83. The van der Waals surface area contributed by atoms with Crippen LogP contribution in [0.1, 0.15) is 74.0 Å². The highest BCUT2D eigenvalue weighted by Gasteiger charge is 2.22. The lowest BCUT2D eigenvalue weighted by molar-refractivity contribution is 0.443. The first-order valence-electron chi connectivity index (χ1n) is 10.7. The van der Waals surface area contributed by atoms with Crippen LogP contribution in [0.25, 0.3) is 0 Å². The summed E-state index contributed by atoms with van der Waals surface area (Å²) >= 11 is 0. The summed E-state index contributed by atoms with van der Waals surface area (Å²) in [4.78, 5) is 28.0. The highest BCUT2D eigenvalue weighted by Crippen LogP contribution is 2.33. The number of nitrogens with one attached hydrogen (secondary N) is 1. The van der Waals surface area contributed by atoms with E-state index in [0.29, 0.717) is 23.6 Å². The lowest BCUT2D eigenvalue weighted by Crippen LogP contribution is -2.37. The van der Waals surface area contributed by atoms with Crippen molar-refractivity contribution in [3.05, 3.63) is 85.9 Å². The monoisotopic (exact) mass is 388 g/mol. The van der Waals surface area contributed by atoms with Crippen LogP contribution in [0, 0.1) is 0 Å². The predicted octanol–water partition coefficient (Wildman–Crippen LogP) is 5.21. The van der Waals surface area contributed by atoms with Crippen LogP contribution in [0.3, 0.4) is 0 Å². The zero-order valence-electron chi connectivity index (χ0n) is 17.0. The Morgan fingerprint density at radius 3 is 2.34 bits per heavy atom. The van der Waals surface area contributed by atoms with Crippen LogP contribution in [0.2, 0.25) is 0 Å². The third-order valence-corrected chi connectivity index (χ3v) is 6.37. The molecule has 0 spiro atoms. The SMILES string of the molecule is CC(CCc1c(Nc2ccncc2)c(=O)c1=O)c1ccc(C2CCCCC2)cc1. The molecule has 1 unspecified atom stereocenters. The second-order valence-corrected chi connectivity index (χ2v) is 8.31. The summed E-state index contributed by atoms with van der Waals surface area (Å²) in [7, 11) is 0. The third-order valence-electron chi connectivity index (χ3n) is 6.37. The molecule has 1 atom stereocenters. The molecule has 1 fully saturated rings. The average Bonchev–Trinajstić information content (AvgIpc) is 2.79. The first-order valence-corrected chi connectivity index (χ1v) is 10.7. The molecule has 0 amide bonds. The van der Waals surface area contributed by atoms with E-state index in [1.165, 1.54) is 43.2 Å². The molecular formula is C25H28N2O2. The zero-order valence-corrected chi connectivity index (χ0v) is 17.0. The zero-order chi connectivity index (χ0) is 20.2. The van der Waals surface area contributed by atoms with Gasteiger partial charge < -0.3 is 5.32 Å². The number of pyridine rings is 1. The Labute approximate surface area is 171 Å². The van der Waals surface area contributed by atoms with Crippen LogP contribution in [0.4, 0.5) is 11.4 Å². The smallest absolute Gasteiger partial charge is 0.249 e. The van der Waals surface area contributed by atoms with Crippen molar-refractivity contribution >= 4 is 11.4 Å². The van der Waals surface area contributed by atoms with Gasteiger partial charge in [-0.3, -0.25) is 14.6 Å². The van der Waals surface area contributed by atoms with Gasteiger partial charge in [0.2, 0.25) is 10.9 Å². The second-order valence-electron chi connectivity index (χ2n) is 8.31. The summed E-state index contributed by atoms with van der Waals surface area (Å²) in [6, 6.07) is 12.6. The van der Waals surface area contributed by atoms with E-state index in [9.17, 15) is 9.59 Å². The lowest BCUT2D eigenvalue weighted by Gasteiger charge is -2.22. The standard InChI is InChI=1S/C25H28N2O2/c1-17(18-8-10-20(11-9-18)19-5-3-2-4-6-19)7-12-22-23(25(29)24(22)28)27-21-13-15-26-16-14-21/h8-11,13-17,19H,2-7,12H2,1H3,(H,26,27). The topological polar surface area (TPSA) is 59.1 Å². The molecule has 0 aliphatic heterocycles. The van der Waals surface area contributed by atoms with Gasteiger partial charge in [-0.05, 0) is 60.8 Å². The van der Waals surface area contributed by atoms with Gasteiger partial charge in [0.05, 0.1) is 5.69 Å². The van der Waals surface area contributed by atoms with Gasteiger partial charge in [-0.25, -0.2) is 0 Å². The minimum absolute atomic E-state index is 0.341. The Morgan fingerprint density at radius 1 is 0.966 bits per heavy atom. The minimum Gasteiger partial charge on any atom is -0.352 e. The fraction of sp³-hybridized carbons (Fsp3) is 0.400. The molecule has 1 aliphatic carbocycles. The van der Waals surface area contributed by atoms with E-state index in [-0.39, 0.29) is 5.43 Å². The molecule has 1 aromatic heterocycles. The van der Waals surface area contributed by atoms with Gasteiger partial charge in [-0.15, -0.1) is 0 Å². The van der Waals surface area contributed by atoms with E-state index in [4.69, 9.17) is 0 Å². The Kier molecular flexibility index (Phi) is 5.89. The molecule has 150 valence electrons. The van der Waals surface area contributed by atoms with E-state index in [2.05, 4.69) is 41.5 Å². The number of rotatable bonds is 7. The van der Waals surface area contributed by atoms with Crippen molar-refractivity contribution in [3.8, 4) is 0 Å². The van der Waals surface area contributed by atoms with Crippen LogP contribution in [-0.4, -0.2) is 4.98 Å². The summed E-state index contributed by atoms with van der Waals surface area (Å²) in [5.74, 6) is 1.06. The summed E-state index contributed by atoms with van der Waals surface area (Å²) in [6.45, 7) is 2.19. The molecule has 4 rings (SSSR count). The fourth-order valence-electron chi connectivity index (χ4n) is 4.45. The maximum atomic E-state index is 12.1. The van der Waals surface area contributed by atoms with Crippen molar-refractivity contribution < 1.29 is 0 Å². The molecule has 0 saturated heterocycles. The molecule has 3 aromatic rings. The normalized spacial score (nSPS) is 16.0. The first kappa shape index (κ1) is 19.6. The van der Waals surface area contributed by atoms with Crippen molar-refractivity contribution in [1.29, 1.82) is 0 Å². The average molecular weight is 389 g/mol. The van der Waals surface area contributed by atoms with Crippen molar-refractivity contribution in [1.82, 2.24) is 4.98 Å². The van der Waals surface area contributed by atoms with Crippen LogP contribution in [0.15, 0.2) is 58.4 Å². The first-order chi connectivity index (χ1) is 14.1. The molecule has 1 saturated carbocycles. The molecule has 0 radical (unpaired) electrons. The molecule has 4 nitrogen and oxygen atoms in total. The summed E-state index contributed by atoms with van der Waals surface area (Å²) in [5, 5.41) is 3.09. The maximum Gasteiger partial charge on any atom is 0.249 e. The van der Waals surface area contributed by atoms with Gasteiger partial charge in [0.25, 0.3) is 0 Å². The largest absolute Gasteiger partial charge is 0.352 e. The van der Waals surface area contributed by atoms with E-state index >= 15 is 0 Å². The number of nitrogens with zero attached hydrogens (tertiary/aromatic N) is 1. The van der Waals surface area contributed by atoms with Crippen LogP contribution in [-0.2, 0) is 6.42 Å². The van der Waals surface area contributed by atoms with Gasteiger partial charge >= 0.3 is 0 Å². The van der Waals surface area contributed by atoms with Gasteiger partial charge in [-0.2, -0.15) is 0 Å². The highest BCUT2D eigenvalue weighted by atomic mass is 16.2. The van der Waals surface area contributed by atoms with Crippen LogP contribution >= 0.6 is 0 Å². The van der Waals surface area contributed by atoms with Crippen LogP contribution in [0.5, 0.6) is 0 Å². The summed E-state index contributed by atoms with van der Waals surface area (Å²) in [5.41, 5.74) is 3.85. The van der Waals surface area contributed by atoms with Crippen molar-refractivity contribution in [2.45, 2.75) is 63.7 Å². The molecular weight excluding hydrogens is 360 g/mol. The summed E-state index contributed by atoms with van der Waals surface area (Å²) in [6.07, 6.45) is 11.5. The van der Waals surface area contributed by atoms with Crippen molar-refractivity contribution in [3.63, 3.8) is 0 Å². The maximum absolute atomic E-state index is 12.1. The Balaban J connectivity index is 1.38. The number of anilines is 2. The van der Waals surface area contributed by atoms with Gasteiger partial charge in [0, 0.05) is 23.6 Å². The number of hydrogen-bond acceptors (Lipinski definition) is 4. The number of hydrogen-bond donors (Lipinski definition) is 1. The van der Waals surface area contributed by atoms with Crippen molar-refractivity contribution in [2.24, 2.45) is 0 Å². The van der Waals surface area contributed by atoms with Gasteiger partial charge in [0.1, 0.15) is 0 Å². The van der Waals surface area contributed by atoms with Crippen LogP contribution < -0.4 is 16.2 Å². The molecule has 4 heteroatoms. The second kappa shape index (κ2) is 8.73. The molecule has 29 heavy (non-hydrogen) atoms.